The third-order valence-corrected chi connectivity index (χ3v) is 13.0. The van der Waals surface area contributed by atoms with Crippen LogP contribution in [-0.4, -0.2) is 99.9 Å². The van der Waals surface area contributed by atoms with E-state index in [0.29, 0.717) is 47.0 Å². The number of pyridine rings is 1. The fourth-order valence-electron chi connectivity index (χ4n) is 9.14. The van der Waals surface area contributed by atoms with E-state index >= 15 is 0 Å². The normalized spacial score (nSPS) is 20.7. The van der Waals surface area contributed by atoms with Crippen LogP contribution in [-0.2, 0) is 0 Å². The van der Waals surface area contributed by atoms with E-state index in [-0.39, 0.29) is 17.0 Å². The molecular weight excluding hydrogens is 895 g/mol. The Morgan fingerprint density at radius 2 is 1.35 bits per heavy atom. The average molecular weight is 967 g/mol. The first kappa shape index (κ1) is 53.8. The maximum Gasteiger partial charge on any atom is 0.223 e. The molecule has 366 valence electrons. The first-order valence-corrected chi connectivity index (χ1v) is 25.3. The number of benzene rings is 1. The molecule has 1 aromatic carbocycles. The van der Waals surface area contributed by atoms with Crippen molar-refractivity contribution >= 4 is 48.5 Å². The van der Waals surface area contributed by atoms with Gasteiger partial charge in [-0.1, -0.05) is 90.1 Å². The highest BCUT2D eigenvalue weighted by molar-refractivity contribution is 7.84. The van der Waals surface area contributed by atoms with Gasteiger partial charge in [-0.05, 0) is 124 Å². The number of imidazole rings is 1. The van der Waals surface area contributed by atoms with Gasteiger partial charge in [0.25, 0.3) is 0 Å². The van der Waals surface area contributed by atoms with Crippen molar-refractivity contribution in [1.29, 1.82) is 0 Å². The highest BCUT2D eigenvalue weighted by Gasteiger charge is 2.56. The maximum atomic E-state index is 14.7. The topological polar surface area (TPSA) is 132 Å². The number of rotatable bonds is 7. The van der Waals surface area contributed by atoms with Crippen LogP contribution in [0.3, 0.4) is 0 Å². The van der Waals surface area contributed by atoms with Crippen LogP contribution in [0.1, 0.15) is 72.9 Å². The molecule has 10 rings (SSSR count). The van der Waals surface area contributed by atoms with Gasteiger partial charge in [-0.2, -0.15) is 12.6 Å². The summed E-state index contributed by atoms with van der Waals surface area (Å²) in [7, 11) is 5.88. The molecule has 7 heterocycles. The summed E-state index contributed by atoms with van der Waals surface area (Å²) in [4.78, 5) is 25.2. The van der Waals surface area contributed by atoms with E-state index in [4.69, 9.17) is 12.6 Å². The summed E-state index contributed by atoms with van der Waals surface area (Å²) in [5, 5.41) is 16.1. The van der Waals surface area contributed by atoms with E-state index in [1.54, 1.807) is 12.5 Å². The van der Waals surface area contributed by atoms with E-state index < -0.39 is 11.6 Å². The molecule has 2 saturated heterocycles. The quantitative estimate of drug-likeness (QED) is 0.0787. The van der Waals surface area contributed by atoms with Gasteiger partial charge in [-0.3, -0.25) is 4.40 Å². The predicted octanol–water partition coefficient (Wildman–Crippen LogP) is 10.2. The van der Waals surface area contributed by atoms with Crippen molar-refractivity contribution in [2.24, 2.45) is 17.3 Å². The zero-order valence-corrected chi connectivity index (χ0v) is 43.2. The number of nitrogens with one attached hydrogen (secondary N) is 5. The Morgan fingerprint density at radius 3 is 1.99 bits per heavy atom. The number of allylic oxidation sites excluding steroid dienone is 6. The van der Waals surface area contributed by atoms with Crippen molar-refractivity contribution < 1.29 is 8.78 Å². The molecule has 3 aliphatic heterocycles. The fraction of sp³-hybridized carbons (Fsp3) is 0.442. The fourth-order valence-corrected chi connectivity index (χ4v) is 9.47. The number of hydrogen-bond acceptors (Lipinski definition) is 13. The number of piperidine rings is 2. The molecule has 0 bridgehead atoms. The third-order valence-electron chi connectivity index (χ3n) is 12.4. The van der Waals surface area contributed by atoms with E-state index in [9.17, 15) is 8.78 Å². The Morgan fingerprint density at radius 1 is 0.765 bits per heavy atom. The molecule has 2 aliphatic carbocycles. The lowest BCUT2D eigenvalue weighted by Gasteiger charge is -2.52. The van der Waals surface area contributed by atoms with Crippen LogP contribution in [0, 0.1) is 28.9 Å². The van der Waals surface area contributed by atoms with Gasteiger partial charge in [0.15, 0.2) is 11.6 Å². The second-order valence-corrected chi connectivity index (χ2v) is 17.3. The minimum Gasteiger partial charge on any atom is -0.360 e. The Labute approximate surface area is 414 Å². The van der Waals surface area contributed by atoms with Gasteiger partial charge in [-0.15, -0.1) is 12.6 Å². The SMILES string of the molecule is CC.CC.CC1C=C(c2nc(NC3CCN(C)CC3)ncc2F)NC=C2C3=CC=C(S)C3(C)C21.CNC.CS.Fc1cnc(NC2CCNCC2)nc1-c1cnc2ccc(-c3ccccc3)cn12. The molecule has 68 heavy (non-hydrogen) atoms. The monoisotopic (exact) mass is 967 g/mol. The molecule has 3 atom stereocenters. The molecular formula is C52H72F2N12S2. The zero-order chi connectivity index (χ0) is 49.4. The van der Waals surface area contributed by atoms with Gasteiger partial charge in [0, 0.05) is 35.8 Å². The number of fused-ring (bicyclic) bond motifs is 5. The van der Waals surface area contributed by atoms with Crippen molar-refractivity contribution in [2.45, 2.75) is 79.3 Å². The molecule has 5 N–H and O–H groups in total. The second-order valence-electron chi connectivity index (χ2n) is 16.8. The van der Waals surface area contributed by atoms with Crippen molar-refractivity contribution in [2.75, 3.05) is 64.2 Å². The lowest BCUT2D eigenvalue weighted by molar-refractivity contribution is 0.234. The molecule has 1 saturated carbocycles. The molecule has 0 spiro atoms. The van der Waals surface area contributed by atoms with Gasteiger partial charge in [0.1, 0.15) is 17.0 Å². The smallest absolute Gasteiger partial charge is 0.223 e. The molecule has 16 heteroatoms. The summed E-state index contributed by atoms with van der Waals surface area (Å²) in [6.07, 6.45) is 20.2. The minimum atomic E-state index is -0.465. The summed E-state index contributed by atoms with van der Waals surface area (Å²) in [6, 6.07) is 14.6. The lowest BCUT2D eigenvalue weighted by Crippen LogP contribution is -2.44. The Kier molecular flexibility index (Phi) is 20.6. The summed E-state index contributed by atoms with van der Waals surface area (Å²) < 4.78 is 31.3. The number of halogens is 2. The van der Waals surface area contributed by atoms with Crippen molar-refractivity contribution in [1.82, 2.24) is 50.2 Å². The zero-order valence-electron chi connectivity index (χ0n) is 41.4. The van der Waals surface area contributed by atoms with Crippen LogP contribution >= 0.6 is 25.3 Å². The number of likely N-dealkylation sites (tertiary alicyclic amines) is 1. The summed E-state index contributed by atoms with van der Waals surface area (Å²) in [6.45, 7) is 16.4. The average Bonchev–Trinajstić information content (AvgIpc) is 3.85. The Bertz CT molecular complexity index is 2510. The van der Waals surface area contributed by atoms with E-state index in [0.717, 1.165) is 73.5 Å². The Hall–Kier alpha value is -5.13. The van der Waals surface area contributed by atoms with Gasteiger partial charge < -0.3 is 31.5 Å². The van der Waals surface area contributed by atoms with Crippen LogP contribution in [0.25, 0.3) is 33.9 Å². The van der Waals surface area contributed by atoms with E-state index in [1.807, 2.05) is 101 Å². The third kappa shape index (κ3) is 12.4. The summed E-state index contributed by atoms with van der Waals surface area (Å²) in [5.74, 6) is 0.597. The van der Waals surface area contributed by atoms with Gasteiger partial charge >= 0.3 is 0 Å². The number of aromatic nitrogens is 6. The molecule has 3 unspecified atom stereocenters. The summed E-state index contributed by atoms with van der Waals surface area (Å²) in [5.41, 5.74) is 7.25. The van der Waals surface area contributed by atoms with Crippen LogP contribution in [0.5, 0.6) is 0 Å². The van der Waals surface area contributed by atoms with Crippen molar-refractivity contribution in [3.05, 3.63) is 125 Å². The van der Waals surface area contributed by atoms with Crippen molar-refractivity contribution in [3.63, 3.8) is 0 Å². The van der Waals surface area contributed by atoms with Crippen LogP contribution in [0.15, 0.2) is 108 Å². The first-order valence-electron chi connectivity index (χ1n) is 23.9. The Balaban J connectivity index is 0.000000218. The lowest BCUT2D eigenvalue weighted by atomic mass is 9.52. The maximum absolute atomic E-state index is 14.7. The first-order chi connectivity index (χ1) is 33.1. The minimum absolute atomic E-state index is 0.0485. The second kappa shape index (κ2) is 26.0. The van der Waals surface area contributed by atoms with Gasteiger partial charge in [0.2, 0.25) is 11.9 Å². The molecule has 4 aromatic heterocycles. The molecule has 12 nitrogen and oxygen atoms in total. The molecule has 5 aromatic rings. The molecule has 0 radical (unpaired) electrons. The van der Waals surface area contributed by atoms with E-state index in [2.05, 4.69) is 108 Å². The summed E-state index contributed by atoms with van der Waals surface area (Å²) >= 11 is 8.24. The van der Waals surface area contributed by atoms with Crippen LogP contribution in [0.2, 0.25) is 0 Å². The number of nitrogens with zero attached hydrogens (tertiary/aromatic N) is 7. The van der Waals surface area contributed by atoms with Crippen molar-refractivity contribution in [3.8, 4) is 22.5 Å². The van der Waals surface area contributed by atoms with E-state index in [1.165, 1.54) is 23.5 Å². The molecule has 0 amide bonds. The predicted molar refractivity (Wildman–Crippen MR) is 285 cm³/mol. The largest absolute Gasteiger partial charge is 0.360 e. The van der Waals surface area contributed by atoms with Gasteiger partial charge in [0.05, 0.1) is 30.0 Å². The molecule has 5 aliphatic rings. The highest BCUT2D eigenvalue weighted by atomic mass is 32.1. The standard InChI is InChI=1S/C23H28FN5S.C22H21FN6.C2H7N.2C2H6.CH4S/c1-13-10-18(25-11-15-16-4-5-19(30)23(16,2)20(13)15)21-17(24)12-26-22(28-21)27-14-6-8-29(3)9-7-14;23-18-12-26-22(27-17-8-10-24-11-9-17)28-21(18)19-13-25-20-7-6-16(14-29(19)20)15-4-2-1-3-5-15;1-3-2;3*1-2/h4-5,10-14,20,25,30H,6-9H2,1-3H3,(H,26,27,28);1-7,12-14,17,24H,8-11H2,(H,26,27,28);3H,1-2H3;2*1-2H3;2H,1H3. The molecule has 3 fully saturated rings. The number of anilines is 2. The number of hydrogen-bond donors (Lipinski definition) is 7. The number of thiol groups is 2. The highest BCUT2D eigenvalue weighted by Crippen LogP contribution is 2.65. The van der Waals surface area contributed by atoms with Crippen LogP contribution in [0.4, 0.5) is 20.7 Å². The van der Waals surface area contributed by atoms with Crippen LogP contribution < -0.4 is 26.6 Å². The van der Waals surface area contributed by atoms with Gasteiger partial charge in [-0.25, -0.2) is 33.7 Å².